The van der Waals surface area contributed by atoms with Crippen LogP contribution in [0, 0.1) is 5.92 Å². The zero-order valence-electron chi connectivity index (χ0n) is 17.5. The Morgan fingerprint density at radius 3 is 2.69 bits per heavy atom. The average molecular weight is 437 g/mol. The number of hydrogen-bond acceptors (Lipinski definition) is 7. The van der Waals surface area contributed by atoms with E-state index < -0.39 is 29.8 Å². The summed E-state index contributed by atoms with van der Waals surface area (Å²) in [6.45, 7) is 3.00. The largest absolute Gasteiger partial charge is 0.457 e. The Kier molecular flexibility index (Phi) is 6.02. The molecule has 3 aromatic rings. The van der Waals surface area contributed by atoms with Crippen molar-refractivity contribution < 1.29 is 23.6 Å². The molecule has 0 saturated carbocycles. The van der Waals surface area contributed by atoms with Gasteiger partial charge in [0.2, 0.25) is 11.7 Å². The zero-order valence-corrected chi connectivity index (χ0v) is 17.5. The molecule has 2 amide bonds. The first-order valence-electron chi connectivity index (χ1n) is 10.3. The summed E-state index contributed by atoms with van der Waals surface area (Å²) in [6.07, 6.45) is 2.79. The number of aryl methyl sites for hydroxylation is 1. The minimum atomic E-state index is -0.663. The molecule has 32 heavy (non-hydrogen) atoms. The molecule has 1 fully saturated rings. The van der Waals surface area contributed by atoms with Crippen molar-refractivity contribution >= 4 is 17.8 Å². The van der Waals surface area contributed by atoms with Crippen molar-refractivity contribution in [3.63, 3.8) is 0 Å². The molecule has 1 saturated heterocycles. The third kappa shape index (κ3) is 4.53. The summed E-state index contributed by atoms with van der Waals surface area (Å²) < 4.78 is 12.6. The van der Waals surface area contributed by atoms with Crippen molar-refractivity contribution in [2.75, 3.05) is 13.1 Å². The molecule has 3 heterocycles. The second-order valence-corrected chi connectivity index (χ2v) is 7.61. The number of nitrogens with zero attached hydrogens (tertiary/aromatic N) is 4. The molecule has 1 aliphatic heterocycles. The van der Waals surface area contributed by atoms with Crippen LogP contribution >= 0.6 is 0 Å². The molecule has 10 heteroatoms. The Hall–Kier alpha value is -3.95. The molecule has 0 unspecified atom stereocenters. The summed E-state index contributed by atoms with van der Waals surface area (Å²) in [6, 6.07) is 10.1. The van der Waals surface area contributed by atoms with Crippen molar-refractivity contribution in [2.24, 2.45) is 11.7 Å². The number of hydrogen-bond donors (Lipinski definition) is 1. The van der Waals surface area contributed by atoms with Gasteiger partial charge in [-0.25, -0.2) is 4.79 Å². The van der Waals surface area contributed by atoms with Gasteiger partial charge in [0.05, 0.1) is 18.3 Å². The van der Waals surface area contributed by atoms with Gasteiger partial charge >= 0.3 is 5.97 Å². The summed E-state index contributed by atoms with van der Waals surface area (Å²) in [5.74, 6) is -1.81. The number of ether oxygens (including phenoxy) is 1. The molecule has 2 aromatic heterocycles. The van der Waals surface area contributed by atoms with Gasteiger partial charge in [0.1, 0.15) is 11.8 Å². The van der Waals surface area contributed by atoms with E-state index in [4.69, 9.17) is 15.0 Å². The normalized spacial score (nSPS) is 18.0. The molecule has 2 N–H and O–H groups in total. The Labute approximate surface area is 183 Å². The van der Waals surface area contributed by atoms with Gasteiger partial charge in [0.15, 0.2) is 0 Å². The molecule has 1 aliphatic rings. The molecule has 4 rings (SSSR count). The van der Waals surface area contributed by atoms with Crippen LogP contribution in [0.2, 0.25) is 0 Å². The quantitative estimate of drug-likeness (QED) is 0.556. The van der Waals surface area contributed by atoms with Crippen LogP contribution in [-0.2, 0) is 16.1 Å². The van der Waals surface area contributed by atoms with Crippen LogP contribution in [0.15, 0.2) is 53.3 Å². The molecule has 10 nitrogen and oxygen atoms in total. The lowest BCUT2D eigenvalue weighted by atomic mass is 10.0. The van der Waals surface area contributed by atoms with Crippen molar-refractivity contribution in [2.45, 2.75) is 26.0 Å². The van der Waals surface area contributed by atoms with Gasteiger partial charge < -0.3 is 19.9 Å². The van der Waals surface area contributed by atoms with E-state index in [0.717, 1.165) is 5.56 Å². The predicted molar refractivity (Wildman–Crippen MR) is 112 cm³/mol. The Bertz CT molecular complexity index is 1120. The van der Waals surface area contributed by atoms with Crippen molar-refractivity contribution in [1.29, 1.82) is 0 Å². The van der Waals surface area contributed by atoms with Crippen molar-refractivity contribution in [3.05, 3.63) is 60.1 Å². The van der Waals surface area contributed by atoms with Gasteiger partial charge in [-0.1, -0.05) is 23.4 Å². The third-order valence-electron chi connectivity index (χ3n) is 5.37. The number of benzene rings is 1. The molecule has 166 valence electrons. The number of carbonyl (C=O) groups is 3. The maximum Gasteiger partial charge on any atom is 0.338 e. The number of aromatic nitrogens is 3. The lowest BCUT2D eigenvalue weighted by Crippen LogP contribution is -2.31. The lowest BCUT2D eigenvalue weighted by Gasteiger charge is -2.17. The van der Waals surface area contributed by atoms with Crippen LogP contribution < -0.4 is 5.73 Å². The number of amides is 2. The van der Waals surface area contributed by atoms with Gasteiger partial charge in [-0.15, -0.1) is 0 Å². The SMILES string of the molecule is CCn1cc(-c2cc(C(=O)N3C[C@H](CC(N)=O)[C@H](OC(=O)c4ccccc4)C3)on2)cn1. The Balaban J connectivity index is 1.48. The second kappa shape index (κ2) is 9.04. The first kappa shape index (κ1) is 21.3. The fourth-order valence-electron chi connectivity index (χ4n) is 3.71. The highest BCUT2D eigenvalue weighted by Crippen LogP contribution is 2.27. The summed E-state index contributed by atoms with van der Waals surface area (Å²) in [4.78, 5) is 38.5. The van der Waals surface area contributed by atoms with E-state index in [-0.39, 0.29) is 25.3 Å². The highest BCUT2D eigenvalue weighted by molar-refractivity contribution is 5.93. The van der Waals surface area contributed by atoms with E-state index in [1.165, 1.54) is 4.90 Å². The number of likely N-dealkylation sites (tertiary alicyclic amines) is 1. The van der Waals surface area contributed by atoms with E-state index in [0.29, 0.717) is 17.8 Å². The van der Waals surface area contributed by atoms with Crippen molar-refractivity contribution in [3.8, 4) is 11.3 Å². The number of primary amides is 1. The minimum absolute atomic E-state index is 0.00558. The van der Waals surface area contributed by atoms with E-state index in [1.807, 2.05) is 13.1 Å². The number of carbonyl (C=O) groups excluding carboxylic acids is 3. The summed E-state index contributed by atoms with van der Waals surface area (Å²) in [5.41, 5.74) is 6.99. The van der Waals surface area contributed by atoms with Crippen LogP contribution in [0.5, 0.6) is 0 Å². The lowest BCUT2D eigenvalue weighted by molar-refractivity contribution is -0.119. The van der Waals surface area contributed by atoms with Gasteiger partial charge in [0, 0.05) is 43.3 Å². The van der Waals surface area contributed by atoms with Crippen LogP contribution in [0.1, 0.15) is 34.3 Å². The van der Waals surface area contributed by atoms with E-state index in [9.17, 15) is 14.4 Å². The smallest absolute Gasteiger partial charge is 0.338 e. The fourth-order valence-corrected chi connectivity index (χ4v) is 3.71. The van der Waals surface area contributed by atoms with Crippen LogP contribution in [0.4, 0.5) is 0 Å². The molecule has 1 aromatic carbocycles. The van der Waals surface area contributed by atoms with Crippen LogP contribution in [-0.4, -0.2) is 56.8 Å². The number of nitrogens with two attached hydrogens (primary N) is 1. The van der Waals surface area contributed by atoms with Gasteiger partial charge in [-0.05, 0) is 19.1 Å². The van der Waals surface area contributed by atoms with E-state index in [1.54, 1.807) is 47.3 Å². The van der Waals surface area contributed by atoms with Gasteiger partial charge in [0.25, 0.3) is 5.91 Å². The van der Waals surface area contributed by atoms with Crippen molar-refractivity contribution in [1.82, 2.24) is 19.8 Å². The monoisotopic (exact) mass is 437 g/mol. The predicted octanol–water partition coefficient (Wildman–Crippen LogP) is 1.73. The Morgan fingerprint density at radius 1 is 1.22 bits per heavy atom. The molecule has 2 atom stereocenters. The maximum absolute atomic E-state index is 13.0. The molecule has 0 radical (unpaired) electrons. The second-order valence-electron chi connectivity index (χ2n) is 7.61. The van der Waals surface area contributed by atoms with Gasteiger partial charge in [-0.2, -0.15) is 5.10 Å². The van der Waals surface area contributed by atoms with Crippen LogP contribution in [0.25, 0.3) is 11.3 Å². The van der Waals surface area contributed by atoms with E-state index >= 15 is 0 Å². The van der Waals surface area contributed by atoms with Gasteiger partial charge in [-0.3, -0.25) is 14.3 Å². The molecular weight excluding hydrogens is 414 g/mol. The fraction of sp³-hybridized carbons (Fsp3) is 0.318. The molecule has 0 aliphatic carbocycles. The first-order valence-corrected chi connectivity index (χ1v) is 10.3. The summed E-state index contributed by atoms with van der Waals surface area (Å²) in [5, 5.41) is 8.16. The molecular formula is C22H23N5O5. The molecule has 0 spiro atoms. The average Bonchev–Trinajstić information content (AvgIpc) is 3.53. The molecule has 0 bridgehead atoms. The Morgan fingerprint density at radius 2 is 2.00 bits per heavy atom. The minimum Gasteiger partial charge on any atom is -0.457 e. The highest BCUT2D eigenvalue weighted by Gasteiger charge is 2.40. The highest BCUT2D eigenvalue weighted by atomic mass is 16.5. The third-order valence-corrected chi connectivity index (χ3v) is 5.37. The first-order chi connectivity index (χ1) is 15.4. The number of rotatable bonds is 7. The standard InChI is InChI=1S/C22H23N5O5/c1-2-27-12-16(10-24-27)17-9-18(32-25-17)21(29)26-11-15(8-20(23)28)19(13-26)31-22(30)14-6-4-3-5-7-14/h3-7,9-10,12,15,19H,2,8,11,13H2,1H3,(H2,23,28)/t15-,19+/m0/s1. The number of esters is 1. The van der Waals surface area contributed by atoms with E-state index in [2.05, 4.69) is 10.3 Å². The maximum atomic E-state index is 13.0. The van der Waals surface area contributed by atoms with Crippen LogP contribution in [0.3, 0.4) is 0 Å². The zero-order chi connectivity index (χ0) is 22.7. The summed E-state index contributed by atoms with van der Waals surface area (Å²) >= 11 is 0. The topological polar surface area (TPSA) is 134 Å². The summed E-state index contributed by atoms with van der Waals surface area (Å²) in [7, 11) is 0.